The fourth-order valence-corrected chi connectivity index (χ4v) is 3.50. The lowest BCUT2D eigenvalue weighted by molar-refractivity contribution is -0.117. The molecule has 26 heavy (non-hydrogen) atoms. The van der Waals surface area contributed by atoms with Gasteiger partial charge < -0.3 is 14.8 Å². The molecule has 0 bridgehead atoms. The Morgan fingerprint density at radius 2 is 2.08 bits per heavy atom. The second kappa shape index (κ2) is 8.51. The zero-order chi connectivity index (χ0) is 18.5. The van der Waals surface area contributed by atoms with Crippen molar-refractivity contribution in [2.45, 2.75) is 18.9 Å². The van der Waals surface area contributed by atoms with E-state index in [1.54, 1.807) is 26.5 Å². The number of nitrogens with one attached hydrogen (secondary N) is 1. The molecule has 3 rings (SSSR count). The minimum atomic E-state index is -0.0628. The largest absolute Gasteiger partial charge is 0.493 e. The third kappa shape index (κ3) is 4.34. The van der Waals surface area contributed by atoms with Crippen LogP contribution in [-0.4, -0.2) is 43.1 Å². The van der Waals surface area contributed by atoms with E-state index in [2.05, 4.69) is 31.1 Å². The zero-order valence-electron chi connectivity index (χ0n) is 14.9. The molecule has 1 amide bonds. The van der Waals surface area contributed by atoms with E-state index in [-0.39, 0.29) is 11.9 Å². The second-order valence-corrected chi connectivity index (χ2v) is 7.07. The van der Waals surface area contributed by atoms with Gasteiger partial charge in [-0.3, -0.25) is 9.69 Å². The molecule has 1 N–H and O–H groups in total. The second-order valence-electron chi connectivity index (χ2n) is 6.15. The van der Waals surface area contributed by atoms with E-state index in [1.165, 1.54) is 0 Å². The van der Waals surface area contributed by atoms with Gasteiger partial charge in [-0.05, 0) is 65.1 Å². The van der Waals surface area contributed by atoms with Crippen molar-refractivity contribution in [3.05, 3.63) is 46.6 Å². The normalized spacial score (nSPS) is 17.1. The van der Waals surface area contributed by atoms with Crippen LogP contribution in [0, 0.1) is 0 Å². The van der Waals surface area contributed by atoms with Gasteiger partial charge in [-0.1, -0.05) is 6.07 Å². The van der Waals surface area contributed by atoms with Crippen LogP contribution >= 0.6 is 15.9 Å². The molecule has 1 atom stereocenters. The average Bonchev–Trinajstić information content (AvgIpc) is 3.11. The molecule has 1 aliphatic rings. The summed E-state index contributed by atoms with van der Waals surface area (Å²) in [7, 11) is 3.26. The maximum Gasteiger partial charge on any atom is 0.239 e. The highest BCUT2D eigenvalue weighted by molar-refractivity contribution is 9.10. The van der Waals surface area contributed by atoms with Crippen LogP contribution in [0.4, 0.5) is 5.82 Å². The number of anilines is 1. The van der Waals surface area contributed by atoms with Crippen LogP contribution < -0.4 is 14.8 Å². The van der Waals surface area contributed by atoms with Gasteiger partial charge in [-0.2, -0.15) is 0 Å². The summed E-state index contributed by atoms with van der Waals surface area (Å²) in [5, 5.41) is 2.85. The quantitative estimate of drug-likeness (QED) is 0.773. The van der Waals surface area contributed by atoms with Gasteiger partial charge in [0.15, 0.2) is 11.5 Å². The topological polar surface area (TPSA) is 63.7 Å². The van der Waals surface area contributed by atoms with Crippen LogP contribution in [0.2, 0.25) is 0 Å². The standard InChI is InChI=1S/C19H22BrN3O3/c1-25-16-7-5-13(10-17(16)26-2)15-4-3-9-23(15)12-19(24)22-18-8-6-14(20)11-21-18/h5-8,10-11,15H,3-4,9,12H2,1-2H3,(H,21,22,24). The Hall–Kier alpha value is -2.12. The third-order valence-corrected chi connectivity index (χ3v) is 4.97. The first-order valence-electron chi connectivity index (χ1n) is 8.48. The number of amides is 1. The SMILES string of the molecule is COc1ccc(C2CCCN2CC(=O)Nc2ccc(Br)cn2)cc1OC. The Morgan fingerprint density at radius 3 is 2.77 bits per heavy atom. The fraction of sp³-hybridized carbons (Fsp3) is 0.368. The van der Waals surface area contributed by atoms with Crippen molar-refractivity contribution >= 4 is 27.7 Å². The number of hydrogen-bond donors (Lipinski definition) is 1. The molecule has 1 unspecified atom stereocenters. The highest BCUT2D eigenvalue weighted by Gasteiger charge is 2.28. The molecule has 1 aromatic heterocycles. The van der Waals surface area contributed by atoms with Crippen LogP contribution in [0.5, 0.6) is 11.5 Å². The number of halogens is 1. The predicted molar refractivity (Wildman–Crippen MR) is 104 cm³/mol. The Labute approximate surface area is 161 Å². The van der Waals surface area contributed by atoms with Crippen molar-refractivity contribution < 1.29 is 14.3 Å². The number of methoxy groups -OCH3 is 2. The van der Waals surface area contributed by atoms with Gasteiger partial charge in [0.05, 0.1) is 20.8 Å². The van der Waals surface area contributed by atoms with Gasteiger partial charge in [-0.15, -0.1) is 0 Å². The first-order valence-corrected chi connectivity index (χ1v) is 9.27. The number of ether oxygens (including phenoxy) is 2. The number of aromatic nitrogens is 1. The molecule has 1 fully saturated rings. The summed E-state index contributed by atoms with van der Waals surface area (Å²) in [5.74, 6) is 1.91. The number of likely N-dealkylation sites (tertiary alicyclic amines) is 1. The summed E-state index contributed by atoms with van der Waals surface area (Å²) < 4.78 is 11.6. The fourth-order valence-electron chi connectivity index (χ4n) is 3.27. The minimum absolute atomic E-state index is 0.0628. The molecule has 138 valence electrons. The summed E-state index contributed by atoms with van der Waals surface area (Å²) in [6, 6.07) is 9.77. The third-order valence-electron chi connectivity index (χ3n) is 4.50. The van der Waals surface area contributed by atoms with E-state index in [4.69, 9.17) is 9.47 Å². The molecule has 6 nitrogen and oxygen atoms in total. The Kier molecular flexibility index (Phi) is 6.11. The lowest BCUT2D eigenvalue weighted by Gasteiger charge is -2.24. The molecule has 0 radical (unpaired) electrons. The molecule has 2 heterocycles. The summed E-state index contributed by atoms with van der Waals surface area (Å²) in [4.78, 5) is 18.8. The van der Waals surface area contributed by atoms with Gasteiger partial charge >= 0.3 is 0 Å². The van der Waals surface area contributed by atoms with Gasteiger partial charge in [0.1, 0.15) is 5.82 Å². The van der Waals surface area contributed by atoms with E-state index in [0.717, 1.165) is 29.4 Å². The molecule has 1 aliphatic heterocycles. The van der Waals surface area contributed by atoms with Crippen molar-refractivity contribution in [3.63, 3.8) is 0 Å². The van der Waals surface area contributed by atoms with E-state index in [0.29, 0.717) is 23.9 Å². The molecule has 2 aromatic rings. The lowest BCUT2D eigenvalue weighted by atomic mass is 10.0. The van der Waals surface area contributed by atoms with Crippen LogP contribution in [0.3, 0.4) is 0 Å². The summed E-state index contributed by atoms with van der Waals surface area (Å²) in [6.07, 6.45) is 3.74. The summed E-state index contributed by atoms with van der Waals surface area (Å²) in [5.41, 5.74) is 1.13. The highest BCUT2D eigenvalue weighted by atomic mass is 79.9. The minimum Gasteiger partial charge on any atom is -0.493 e. The number of carbonyl (C=O) groups excluding carboxylic acids is 1. The van der Waals surface area contributed by atoms with Crippen molar-refractivity contribution in [2.75, 3.05) is 32.6 Å². The first kappa shape index (κ1) is 18.7. The van der Waals surface area contributed by atoms with Crippen LogP contribution in [0.25, 0.3) is 0 Å². The number of rotatable bonds is 6. The van der Waals surface area contributed by atoms with Crippen LogP contribution in [0.1, 0.15) is 24.4 Å². The molecular formula is C19H22BrN3O3. The molecular weight excluding hydrogens is 398 g/mol. The van der Waals surface area contributed by atoms with Crippen LogP contribution in [-0.2, 0) is 4.79 Å². The summed E-state index contributed by atoms with van der Waals surface area (Å²) in [6.45, 7) is 1.22. The number of nitrogens with zero attached hydrogens (tertiary/aromatic N) is 2. The number of carbonyl (C=O) groups is 1. The van der Waals surface area contributed by atoms with Gasteiger partial charge in [0.2, 0.25) is 5.91 Å². The molecule has 0 saturated carbocycles. The summed E-state index contributed by atoms with van der Waals surface area (Å²) >= 11 is 3.34. The monoisotopic (exact) mass is 419 g/mol. The highest BCUT2D eigenvalue weighted by Crippen LogP contribution is 2.36. The Bertz CT molecular complexity index is 767. The molecule has 0 aliphatic carbocycles. The average molecular weight is 420 g/mol. The van der Waals surface area contributed by atoms with Crippen LogP contribution in [0.15, 0.2) is 41.0 Å². The van der Waals surface area contributed by atoms with Crippen molar-refractivity contribution in [3.8, 4) is 11.5 Å². The van der Waals surface area contributed by atoms with Gasteiger partial charge in [-0.25, -0.2) is 4.98 Å². The van der Waals surface area contributed by atoms with E-state index < -0.39 is 0 Å². The lowest BCUT2D eigenvalue weighted by Crippen LogP contribution is -2.33. The molecule has 1 aromatic carbocycles. The first-order chi connectivity index (χ1) is 12.6. The van der Waals surface area contributed by atoms with Gasteiger partial charge in [0.25, 0.3) is 0 Å². The molecule has 0 spiro atoms. The molecule has 7 heteroatoms. The van der Waals surface area contributed by atoms with Crippen molar-refractivity contribution in [1.82, 2.24) is 9.88 Å². The Balaban J connectivity index is 1.68. The van der Waals surface area contributed by atoms with E-state index in [9.17, 15) is 4.79 Å². The maximum atomic E-state index is 12.4. The number of benzene rings is 1. The van der Waals surface area contributed by atoms with Crippen molar-refractivity contribution in [2.24, 2.45) is 0 Å². The predicted octanol–water partition coefficient (Wildman–Crippen LogP) is 3.64. The van der Waals surface area contributed by atoms with E-state index in [1.807, 2.05) is 24.3 Å². The Morgan fingerprint density at radius 1 is 1.27 bits per heavy atom. The van der Waals surface area contributed by atoms with Gasteiger partial charge in [0, 0.05) is 16.7 Å². The smallest absolute Gasteiger partial charge is 0.239 e. The maximum absolute atomic E-state index is 12.4. The van der Waals surface area contributed by atoms with E-state index >= 15 is 0 Å². The number of pyridine rings is 1. The number of hydrogen-bond acceptors (Lipinski definition) is 5. The zero-order valence-corrected chi connectivity index (χ0v) is 16.5. The van der Waals surface area contributed by atoms with Crippen molar-refractivity contribution in [1.29, 1.82) is 0 Å². The molecule has 1 saturated heterocycles.